The molecule has 0 radical (unpaired) electrons. The predicted octanol–water partition coefficient (Wildman–Crippen LogP) is 5.79. The van der Waals surface area contributed by atoms with Crippen molar-refractivity contribution in [3.05, 3.63) is 102 Å². The number of thiophene rings is 1. The number of carbonyl (C=O) groups is 1. The summed E-state index contributed by atoms with van der Waals surface area (Å²) in [5.41, 5.74) is 5.89. The lowest BCUT2D eigenvalue weighted by molar-refractivity contribution is 0.102. The molecule has 3 aromatic heterocycles. The molecule has 0 saturated heterocycles. The van der Waals surface area contributed by atoms with Gasteiger partial charge in [-0.15, -0.1) is 16.4 Å². The molecule has 0 saturated carbocycles. The quantitative estimate of drug-likeness (QED) is 0.339. The van der Waals surface area contributed by atoms with Crippen LogP contribution in [0.5, 0.6) is 0 Å². The van der Waals surface area contributed by atoms with Crippen LogP contribution in [0, 0.1) is 0 Å². The summed E-state index contributed by atoms with van der Waals surface area (Å²) in [6.45, 7) is 0. The number of carbonyl (C=O) groups excluding carboxylic acids is 1. The minimum absolute atomic E-state index is 0.180. The first kappa shape index (κ1) is 20.1. The van der Waals surface area contributed by atoms with Gasteiger partial charge >= 0.3 is 0 Å². The smallest absolute Gasteiger partial charge is 0.255 e. The number of aromatic nitrogens is 5. The lowest BCUT2D eigenvalue weighted by Crippen LogP contribution is -2.12. The standard InChI is InChI=1S/C26H18N6OS/c33-26(18-9-13-20(14-10-18)32-23(16-27-31-32)24-6-3-15-34-24)28-19-11-7-17(8-12-19)25-29-21-4-1-2-5-22(21)30-25/h1-16H,(H,28,33)(H,29,30). The molecule has 3 heterocycles. The van der Waals surface area contributed by atoms with Crippen molar-refractivity contribution in [1.82, 2.24) is 25.0 Å². The van der Waals surface area contributed by atoms with E-state index in [-0.39, 0.29) is 5.91 Å². The number of H-pyrrole nitrogens is 1. The Kier molecular flexibility index (Phi) is 4.97. The molecule has 0 aliphatic carbocycles. The third-order valence-electron chi connectivity index (χ3n) is 5.50. The topological polar surface area (TPSA) is 88.5 Å². The van der Waals surface area contributed by atoms with E-state index < -0.39 is 0 Å². The van der Waals surface area contributed by atoms with Gasteiger partial charge in [0.1, 0.15) is 11.5 Å². The normalized spacial score (nSPS) is 11.1. The van der Waals surface area contributed by atoms with E-state index in [1.54, 1.807) is 34.3 Å². The third-order valence-corrected chi connectivity index (χ3v) is 6.39. The minimum atomic E-state index is -0.180. The molecule has 6 aromatic rings. The van der Waals surface area contributed by atoms with E-state index in [9.17, 15) is 4.79 Å². The first-order valence-electron chi connectivity index (χ1n) is 10.7. The first-order chi connectivity index (χ1) is 16.7. The van der Waals surface area contributed by atoms with Crippen molar-refractivity contribution < 1.29 is 4.79 Å². The molecule has 0 aliphatic heterocycles. The Morgan fingerprint density at radius 3 is 2.50 bits per heavy atom. The molecule has 0 bridgehead atoms. The molecule has 8 heteroatoms. The lowest BCUT2D eigenvalue weighted by atomic mass is 10.1. The van der Waals surface area contributed by atoms with E-state index in [4.69, 9.17) is 0 Å². The van der Waals surface area contributed by atoms with Crippen molar-refractivity contribution >= 4 is 34.0 Å². The second-order valence-corrected chi connectivity index (χ2v) is 8.64. The second kappa shape index (κ2) is 8.42. The van der Waals surface area contributed by atoms with Crippen molar-refractivity contribution in [2.24, 2.45) is 0 Å². The molecule has 0 fully saturated rings. The van der Waals surface area contributed by atoms with Gasteiger partial charge in [0.2, 0.25) is 0 Å². The Labute approximate surface area is 198 Å². The number of benzene rings is 3. The molecule has 2 N–H and O–H groups in total. The van der Waals surface area contributed by atoms with Gasteiger partial charge in [-0.25, -0.2) is 9.67 Å². The molecule has 1 amide bonds. The zero-order valence-corrected chi connectivity index (χ0v) is 18.7. The molecule has 0 aliphatic rings. The van der Waals surface area contributed by atoms with Crippen molar-refractivity contribution in [1.29, 1.82) is 0 Å². The molecule has 7 nitrogen and oxygen atoms in total. The Hall–Kier alpha value is -4.56. The summed E-state index contributed by atoms with van der Waals surface area (Å²) in [5, 5.41) is 13.2. The zero-order valence-electron chi connectivity index (χ0n) is 17.8. The Bertz CT molecular complexity index is 1550. The number of aromatic amines is 1. The van der Waals surface area contributed by atoms with Gasteiger partial charge in [-0.3, -0.25) is 4.79 Å². The summed E-state index contributed by atoms with van der Waals surface area (Å²) in [5.74, 6) is 0.616. The Morgan fingerprint density at radius 2 is 1.74 bits per heavy atom. The number of fused-ring (bicyclic) bond motifs is 1. The van der Waals surface area contributed by atoms with Crippen LogP contribution in [0.1, 0.15) is 10.4 Å². The first-order valence-corrected chi connectivity index (χ1v) is 11.5. The van der Waals surface area contributed by atoms with Gasteiger partial charge in [-0.1, -0.05) is 23.4 Å². The molecule has 164 valence electrons. The summed E-state index contributed by atoms with van der Waals surface area (Å²) < 4.78 is 1.77. The van der Waals surface area contributed by atoms with Crippen LogP contribution in [-0.4, -0.2) is 30.9 Å². The molecular formula is C26H18N6OS. The van der Waals surface area contributed by atoms with Crippen LogP contribution >= 0.6 is 11.3 Å². The van der Waals surface area contributed by atoms with Gasteiger partial charge in [0.15, 0.2) is 0 Å². The summed E-state index contributed by atoms with van der Waals surface area (Å²) in [7, 11) is 0. The summed E-state index contributed by atoms with van der Waals surface area (Å²) in [6, 6.07) is 26.9. The SMILES string of the molecule is O=C(Nc1ccc(-c2nc3ccccc3[nH]2)cc1)c1ccc(-n2nncc2-c2cccs2)cc1. The maximum atomic E-state index is 12.8. The van der Waals surface area contributed by atoms with Crippen LogP contribution in [-0.2, 0) is 0 Å². The number of rotatable bonds is 5. The Balaban J connectivity index is 1.17. The third kappa shape index (κ3) is 3.76. The number of imidazole rings is 1. The fourth-order valence-electron chi connectivity index (χ4n) is 3.78. The van der Waals surface area contributed by atoms with Gasteiger partial charge in [0.05, 0.1) is 27.8 Å². The van der Waals surface area contributed by atoms with E-state index in [0.29, 0.717) is 11.3 Å². The Morgan fingerprint density at radius 1 is 0.912 bits per heavy atom. The summed E-state index contributed by atoms with van der Waals surface area (Å²) >= 11 is 1.63. The molecule has 0 spiro atoms. The van der Waals surface area contributed by atoms with Crippen molar-refractivity contribution in [2.75, 3.05) is 5.32 Å². The second-order valence-electron chi connectivity index (χ2n) is 7.69. The summed E-state index contributed by atoms with van der Waals surface area (Å²) in [6.07, 6.45) is 1.74. The number of para-hydroxylation sites is 2. The number of hydrogen-bond donors (Lipinski definition) is 2. The fourth-order valence-corrected chi connectivity index (χ4v) is 4.50. The average Bonchev–Trinajstić information content (AvgIpc) is 3.65. The van der Waals surface area contributed by atoms with Crippen LogP contribution in [0.15, 0.2) is 96.5 Å². The number of amides is 1. The minimum Gasteiger partial charge on any atom is -0.338 e. The highest BCUT2D eigenvalue weighted by Gasteiger charge is 2.12. The van der Waals surface area contributed by atoms with Gasteiger partial charge in [-0.05, 0) is 72.1 Å². The number of nitrogens with one attached hydrogen (secondary N) is 2. The fraction of sp³-hybridized carbons (Fsp3) is 0. The van der Waals surface area contributed by atoms with Gasteiger partial charge < -0.3 is 10.3 Å². The van der Waals surface area contributed by atoms with Gasteiger partial charge in [0, 0.05) is 16.8 Å². The van der Waals surface area contributed by atoms with Crippen molar-refractivity contribution in [3.8, 4) is 27.6 Å². The van der Waals surface area contributed by atoms with Gasteiger partial charge in [-0.2, -0.15) is 0 Å². The maximum Gasteiger partial charge on any atom is 0.255 e. The highest BCUT2D eigenvalue weighted by molar-refractivity contribution is 7.13. The monoisotopic (exact) mass is 462 g/mol. The van der Waals surface area contributed by atoms with Gasteiger partial charge in [0.25, 0.3) is 5.91 Å². The molecule has 34 heavy (non-hydrogen) atoms. The van der Waals surface area contributed by atoms with Crippen LogP contribution in [0.2, 0.25) is 0 Å². The van der Waals surface area contributed by atoms with E-state index in [2.05, 4.69) is 25.6 Å². The van der Waals surface area contributed by atoms with E-state index in [1.807, 2.05) is 78.2 Å². The predicted molar refractivity (Wildman–Crippen MR) is 134 cm³/mol. The highest BCUT2D eigenvalue weighted by atomic mass is 32.1. The summed E-state index contributed by atoms with van der Waals surface area (Å²) in [4.78, 5) is 21.8. The molecular weight excluding hydrogens is 444 g/mol. The van der Waals surface area contributed by atoms with Crippen molar-refractivity contribution in [2.45, 2.75) is 0 Å². The lowest BCUT2D eigenvalue weighted by Gasteiger charge is -2.08. The largest absolute Gasteiger partial charge is 0.338 e. The van der Waals surface area contributed by atoms with E-state index in [0.717, 1.165) is 38.7 Å². The zero-order chi connectivity index (χ0) is 22.9. The maximum absolute atomic E-state index is 12.8. The van der Waals surface area contributed by atoms with E-state index >= 15 is 0 Å². The van der Waals surface area contributed by atoms with E-state index in [1.165, 1.54) is 0 Å². The van der Waals surface area contributed by atoms with Crippen LogP contribution in [0.25, 0.3) is 38.7 Å². The number of nitrogens with zero attached hydrogens (tertiary/aromatic N) is 4. The number of hydrogen-bond acceptors (Lipinski definition) is 5. The average molecular weight is 463 g/mol. The molecule has 0 atom stereocenters. The highest BCUT2D eigenvalue weighted by Crippen LogP contribution is 2.26. The number of anilines is 1. The molecule has 6 rings (SSSR count). The van der Waals surface area contributed by atoms with Crippen molar-refractivity contribution in [3.63, 3.8) is 0 Å². The molecule has 3 aromatic carbocycles. The van der Waals surface area contributed by atoms with Crippen LogP contribution in [0.4, 0.5) is 5.69 Å². The van der Waals surface area contributed by atoms with Crippen LogP contribution in [0.3, 0.4) is 0 Å². The van der Waals surface area contributed by atoms with Crippen LogP contribution < -0.4 is 5.32 Å². The molecule has 0 unspecified atom stereocenters.